The molecule has 6 nitrogen and oxygen atoms in total. The number of aliphatic hydroxyl groups is 1. The summed E-state index contributed by atoms with van der Waals surface area (Å²) in [5.74, 6) is -1.25. The molecule has 1 aromatic carbocycles. The molecule has 6 heteroatoms. The minimum absolute atomic E-state index is 0.285. The third-order valence-electron chi connectivity index (χ3n) is 5.13. The first-order valence-corrected chi connectivity index (χ1v) is 7.49. The highest BCUT2D eigenvalue weighted by Gasteiger charge is 2.72. The maximum absolute atomic E-state index is 12.9. The van der Waals surface area contributed by atoms with E-state index in [1.807, 2.05) is 0 Å². The second-order valence-electron chi connectivity index (χ2n) is 6.40. The third-order valence-corrected chi connectivity index (χ3v) is 5.13. The number of fused-ring (bicyclic) bond motifs is 5. The number of rotatable bonds is 3. The molecule has 3 heterocycles. The summed E-state index contributed by atoms with van der Waals surface area (Å²) in [5, 5.41) is 9.76. The van der Waals surface area contributed by atoms with Crippen molar-refractivity contribution in [2.75, 3.05) is 18.6 Å². The summed E-state index contributed by atoms with van der Waals surface area (Å²) in [6.45, 7) is 1.46. The van der Waals surface area contributed by atoms with Gasteiger partial charge in [0.05, 0.1) is 36.8 Å². The van der Waals surface area contributed by atoms with Crippen molar-refractivity contribution in [2.45, 2.75) is 18.1 Å². The lowest BCUT2D eigenvalue weighted by atomic mass is 9.73. The largest absolute Gasteiger partial charge is 0.497 e. The Morgan fingerprint density at radius 1 is 1.17 bits per heavy atom. The van der Waals surface area contributed by atoms with E-state index in [0.717, 1.165) is 0 Å². The highest BCUT2D eigenvalue weighted by atomic mass is 16.5. The van der Waals surface area contributed by atoms with Crippen LogP contribution in [0.5, 0.6) is 5.75 Å². The van der Waals surface area contributed by atoms with Gasteiger partial charge in [-0.3, -0.25) is 9.59 Å². The number of anilines is 1. The summed E-state index contributed by atoms with van der Waals surface area (Å²) in [7, 11) is 1.55. The normalized spacial score (nSPS) is 37.6. The van der Waals surface area contributed by atoms with Crippen LogP contribution >= 0.6 is 0 Å². The predicted molar refractivity (Wildman–Crippen MR) is 80.9 cm³/mol. The van der Waals surface area contributed by atoms with Gasteiger partial charge in [0.2, 0.25) is 11.8 Å². The van der Waals surface area contributed by atoms with Crippen molar-refractivity contribution in [3.63, 3.8) is 0 Å². The van der Waals surface area contributed by atoms with Gasteiger partial charge in [0, 0.05) is 0 Å². The van der Waals surface area contributed by atoms with Crippen molar-refractivity contribution in [1.29, 1.82) is 0 Å². The third kappa shape index (κ3) is 1.65. The molecule has 0 unspecified atom stereocenters. The lowest BCUT2D eigenvalue weighted by Crippen LogP contribution is -2.43. The second-order valence-corrected chi connectivity index (χ2v) is 6.40. The molecule has 3 aliphatic rings. The molecule has 1 aromatic rings. The van der Waals surface area contributed by atoms with Crippen LogP contribution in [0.4, 0.5) is 5.69 Å². The summed E-state index contributed by atoms with van der Waals surface area (Å²) < 4.78 is 11.0. The summed E-state index contributed by atoms with van der Waals surface area (Å²) in [4.78, 5) is 27.0. The standard InChI is InChI=1S/C17H17NO5/c1-16-7-8-17(9-19,23-16)13-12(16)14(20)18(15(13)21)10-3-5-11(22-2)6-4-10/h3-8,12-13,19H,9H2,1-2H3/t12-,13-,16+,17-/m0/s1. The smallest absolute Gasteiger partial charge is 0.241 e. The molecule has 23 heavy (non-hydrogen) atoms. The highest BCUT2D eigenvalue weighted by molar-refractivity contribution is 6.23. The fraction of sp³-hybridized carbons (Fsp3) is 0.412. The molecule has 2 saturated heterocycles. The first kappa shape index (κ1) is 14.4. The zero-order valence-corrected chi connectivity index (χ0v) is 12.9. The maximum Gasteiger partial charge on any atom is 0.241 e. The summed E-state index contributed by atoms with van der Waals surface area (Å²) in [6, 6.07) is 6.77. The van der Waals surface area contributed by atoms with Gasteiger partial charge in [-0.15, -0.1) is 0 Å². The van der Waals surface area contributed by atoms with E-state index in [-0.39, 0.29) is 18.4 Å². The molecule has 4 atom stereocenters. The highest BCUT2D eigenvalue weighted by Crippen LogP contribution is 2.57. The zero-order valence-electron chi connectivity index (χ0n) is 12.9. The van der Waals surface area contributed by atoms with Crippen molar-refractivity contribution in [3.8, 4) is 5.75 Å². The van der Waals surface area contributed by atoms with Gasteiger partial charge in [0.1, 0.15) is 11.4 Å². The molecule has 3 aliphatic heterocycles. The molecule has 0 saturated carbocycles. The number of nitrogens with zero attached hydrogens (tertiary/aromatic N) is 1. The lowest BCUT2D eigenvalue weighted by Gasteiger charge is -2.26. The Morgan fingerprint density at radius 3 is 2.43 bits per heavy atom. The minimum atomic E-state index is -1.09. The van der Waals surface area contributed by atoms with Crippen LogP contribution in [0, 0.1) is 11.8 Å². The number of imide groups is 1. The van der Waals surface area contributed by atoms with E-state index in [4.69, 9.17) is 9.47 Å². The van der Waals surface area contributed by atoms with Crippen molar-refractivity contribution in [1.82, 2.24) is 0 Å². The Labute approximate surface area is 133 Å². The van der Waals surface area contributed by atoms with Crippen LogP contribution in [0.3, 0.4) is 0 Å². The maximum atomic E-state index is 12.9. The van der Waals surface area contributed by atoms with Crippen LogP contribution in [0.15, 0.2) is 36.4 Å². The molecule has 0 spiro atoms. The van der Waals surface area contributed by atoms with E-state index in [1.54, 1.807) is 50.5 Å². The minimum Gasteiger partial charge on any atom is -0.497 e. The van der Waals surface area contributed by atoms with Crippen molar-refractivity contribution >= 4 is 17.5 Å². The number of methoxy groups -OCH3 is 1. The van der Waals surface area contributed by atoms with Gasteiger partial charge < -0.3 is 14.6 Å². The fourth-order valence-electron chi connectivity index (χ4n) is 4.03. The van der Waals surface area contributed by atoms with Crippen molar-refractivity contribution in [2.24, 2.45) is 11.8 Å². The van der Waals surface area contributed by atoms with E-state index in [9.17, 15) is 14.7 Å². The van der Waals surface area contributed by atoms with Crippen molar-refractivity contribution in [3.05, 3.63) is 36.4 Å². The molecule has 2 amide bonds. The summed E-state index contributed by atoms with van der Waals surface area (Å²) in [6.07, 6.45) is 3.50. The van der Waals surface area contributed by atoms with Gasteiger partial charge in [-0.2, -0.15) is 0 Å². The monoisotopic (exact) mass is 315 g/mol. The molecule has 120 valence electrons. The molecule has 4 rings (SSSR count). The SMILES string of the molecule is COc1ccc(N2C(=O)[C@@H]3[C@@H](C2=O)[C@@]2(CO)C=C[C@@]3(C)O2)cc1. The van der Waals surface area contributed by atoms with Crippen LogP contribution in [-0.4, -0.2) is 41.8 Å². The van der Waals surface area contributed by atoms with E-state index < -0.39 is 23.0 Å². The average Bonchev–Trinajstić information content (AvgIpc) is 3.14. The topological polar surface area (TPSA) is 76.1 Å². The number of aliphatic hydroxyl groups excluding tert-OH is 1. The van der Waals surface area contributed by atoms with Gasteiger partial charge in [-0.1, -0.05) is 12.2 Å². The van der Waals surface area contributed by atoms with Crippen molar-refractivity contribution < 1.29 is 24.2 Å². The Morgan fingerprint density at radius 2 is 1.83 bits per heavy atom. The number of amides is 2. The van der Waals surface area contributed by atoms with Crippen LogP contribution in [0.25, 0.3) is 0 Å². The van der Waals surface area contributed by atoms with E-state index in [1.165, 1.54) is 4.90 Å². The van der Waals surface area contributed by atoms with Gasteiger partial charge >= 0.3 is 0 Å². The van der Waals surface area contributed by atoms with Gasteiger partial charge in [-0.25, -0.2) is 4.90 Å². The zero-order chi connectivity index (χ0) is 16.4. The number of ether oxygens (including phenoxy) is 2. The van der Waals surface area contributed by atoms with Crippen LogP contribution < -0.4 is 9.64 Å². The van der Waals surface area contributed by atoms with Crippen LogP contribution in [0.1, 0.15) is 6.92 Å². The second kappa shape index (κ2) is 4.43. The fourth-order valence-corrected chi connectivity index (χ4v) is 4.03. The van der Waals surface area contributed by atoms with Crippen LogP contribution in [-0.2, 0) is 14.3 Å². The molecule has 2 bridgehead atoms. The molecule has 0 radical (unpaired) electrons. The Bertz CT molecular complexity index is 727. The van der Waals surface area contributed by atoms with Gasteiger partial charge in [-0.05, 0) is 31.2 Å². The van der Waals surface area contributed by atoms with E-state index in [2.05, 4.69) is 0 Å². The first-order chi connectivity index (χ1) is 11.0. The predicted octanol–water partition coefficient (Wildman–Crippen LogP) is 0.891. The molecule has 2 fully saturated rings. The van der Waals surface area contributed by atoms with E-state index >= 15 is 0 Å². The molecule has 0 aromatic heterocycles. The Balaban J connectivity index is 1.76. The number of carbonyl (C=O) groups excluding carboxylic acids is 2. The number of benzene rings is 1. The molecular weight excluding hydrogens is 298 g/mol. The Kier molecular flexibility index (Phi) is 2.77. The first-order valence-electron chi connectivity index (χ1n) is 7.49. The molecular formula is C17H17NO5. The summed E-state index contributed by atoms with van der Waals surface area (Å²) >= 11 is 0. The number of carbonyl (C=O) groups is 2. The van der Waals surface area contributed by atoms with Gasteiger partial charge in [0.15, 0.2) is 0 Å². The number of hydrogen-bond donors (Lipinski definition) is 1. The van der Waals surface area contributed by atoms with Gasteiger partial charge in [0.25, 0.3) is 0 Å². The summed E-state index contributed by atoms with van der Waals surface area (Å²) in [5.41, 5.74) is -1.43. The molecule has 1 N–H and O–H groups in total. The lowest BCUT2D eigenvalue weighted by molar-refractivity contribution is -0.131. The number of hydrogen-bond acceptors (Lipinski definition) is 5. The molecule has 0 aliphatic carbocycles. The Hall–Kier alpha value is -2.18. The van der Waals surface area contributed by atoms with E-state index in [0.29, 0.717) is 11.4 Å². The quantitative estimate of drug-likeness (QED) is 0.662. The van der Waals surface area contributed by atoms with Crippen LogP contribution in [0.2, 0.25) is 0 Å². The average molecular weight is 315 g/mol.